The van der Waals surface area contributed by atoms with Gasteiger partial charge in [-0.1, -0.05) is 17.3 Å². The molecule has 0 radical (unpaired) electrons. The van der Waals surface area contributed by atoms with Crippen molar-refractivity contribution in [3.8, 4) is 5.75 Å². The molecule has 1 atom stereocenters. The van der Waals surface area contributed by atoms with E-state index in [1.807, 2.05) is 32.0 Å². The lowest BCUT2D eigenvalue weighted by Gasteiger charge is -2.24. The van der Waals surface area contributed by atoms with Crippen LogP contribution in [0.25, 0.3) is 0 Å². The number of hydrogen-bond donors (Lipinski definition) is 2. The SMILES string of the molecule is Cc1ccc(C)c(OCc2cn(CCC(C)(C(=O)NO)S(C)(=O)=O)nn2)c1. The second-order valence-corrected chi connectivity index (χ2v) is 9.17. The molecular weight excluding hydrogens is 372 g/mol. The van der Waals surface area contributed by atoms with Gasteiger partial charge in [-0.15, -0.1) is 5.10 Å². The fraction of sp³-hybridized carbons (Fsp3) is 0.471. The summed E-state index contributed by atoms with van der Waals surface area (Å²) in [6.45, 7) is 5.53. The van der Waals surface area contributed by atoms with Crippen molar-refractivity contribution >= 4 is 15.7 Å². The number of hydroxylamine groups is 1. The van der Waals surface area contributed by atoms with Gasteiger partial charge >= 0.3 is 0 Å². The first-order valence-corrected chi connectivity index (χ1v) is 10.2. The molecule has 1 aromatic carbocycles. The summed E-state index contributed by atoms with van der Waals surface area (Å²) in [6.07, 6.45) is 2.51. The minimum atomic E-state index is -3.75. The van der Waals surface area contributed by atoms with Crippen LogP contribution in [-0.4, -0.2) is 45.5 Å². The molecule has 0 aliphatic carbocycles. The Labute approximate surface area is 158 Å². The topological polar surface area (TPSA) is 123 Å². The molecule has 0 fully saturated rings. The van der Waals surface area contributed by atoms with Gasteiger partial charge in [0.25, 0.3) is 5.91 Å². The van der Waals surface area contributed by atoms with Gasteiger partial charge in [-0.05, 0) is 44.4 Å². The van der Waals surface area contributed by atoms with Crippen LogP contribution in [0.3, 0.4) is 0 Å². The Kier molecular flexibility index (Phi) is 6.22. The van der Waals surface area contributed by atoms with Gasteiger partial charge in [0, 0.05) is 12.8 Å². The quantitative estimate of drug-likeness (QED) is 0.507. The predicted molar refractivity (Wildman–Crippen MR) is 98.1 cm³/mol. The highest BCUT2D eigenvalue weighted by Crippen LogP contribution is 2.22. The summed E-state index contributed by atoms with van der Waals surface area (Å²) in [5.41, 5.74) is 4.08. The van der Waals surface area contributed by atoms with Gasteiger partial charge < -0.3 is 4.74 Å². The van der Waals surface area contributed by atoms with Crippen molar-refractivity contribution in [3.05, 3.63) is 41.2 Å². The third-order valence-electron chi connectivity index (χ3n) is 4.52. The summed E-state index contributed by atoms with van der Waals surface area (Å²) in [6, 6.07) is 5.91. The Bertz CT molecular complexity index is 925. The van der Waals surface area contributed by atoms with Crippen LogP contribution in [0.1, 0.15) is 30.2 Å². The van der Waals surface area contributed by atoms with Crippen molar-refractivity contribution in [3.63, 3.8) is 0 Å². The summed E-state index contributed by atoms with van der Waals surface area (Å²) in [5, 5.41) is 16.8. The maximum Gasteiger partial charge on any atom is 0.264 e. The summed E-state index contributed by atoms with van der Waals surface area (Å²) in [5.74, 6) is -0.225. The number of rotatable bonds is 8. The molecule has 0 saturated carbocycles. The second kappa shape index (κ2) is 8.05. The maximum atomic E-state index is 12.0. The monoisotopic (exact) mass is 396 g/mol. The number of nitrogens with zero attached hydrogens (tertiary/aromatic N) is 3. The first kappa shape index (κ1) is 20.8. The van der Waals surface area contributed by atoms with E-state index in [1.54, 1.807) is 6.20 Å². The molecule has 0 saturated heterocycles. The molecule has 27 heavy (non-hydrogen) atoms. The molecule has 9 nitrogen and oxygen atoms in total. The molecule has 1 amide bonds. The lowest BCUT2D eigenvalue weighted by atomic mass is 10.1. The van der Waals surface area contributed by atoms with Gasteiger partial charge in [0.2, 0.25) is 0 Å². The van der Waals surface area contributed by atoms with E-state index in [1.165, 1.54) is 17.1 Å². The lowest BCUT2D eigenvalue weighted by Crippen LogP contribution is -2.49. The van der Waals surface area contributed by atoms with Crippen molar-refractivity contribution in [1.82, 2.24) is 20.5 Å². The smallest absolute Gasteiger partial charge is 0.264 e. The zero-order valence-corrected chi connectivity index (χ0v) is 16.6. The minimum Gasteiger partial charge on any atom is -0.487 e. The number of amides is 1. The Balaban J connectivity index is 2.03. The molecule has 1 unspecified atom stereocenters. The van der Waals surface area contributed by atoms with Crippen molar-refractivity contribution < 1.29 is 23.2 Å². The number of ether oxygens (including phenoxy) is 1. The van der Waals surface area contributed by atoms with E-state index in [4.69, 9.17) is 9.94 Å². The minimum absolute atomic E-state index is 0.0706. The molecule has 2 N–H and O–H groups in total. The van der Waals surface area contributed by atoms with E-state index >= 15 is 0 Å². The Morgan fingerprint density at radius 1 is 1.37 bits per heavy atom. The number of aromatic nitrogens is 3. The fourth-order valence-electron chi connectivity index (χ4n) is 2.44. The molecule has 1 heterocycles. The number of benzene rings is 1. The zero-order chi connectivity index (χ0) is 20.2. The number of sulfone groups is 1. The van der Waals surface area contributed by atoms with Crippen LogP contribution in [0.5, 0.6) is 5.75 Å². The molecular formula is C17H24N4O5S. The molecule has 2 aromatic rings. The Morgan fingerprint density at radius 2 is 2.07 bits per heavy atom. The highest BCUT2D eigenvalue weighted by Gasteiger charge is 2.43. The number of carbonyl (C=O) groups excluding carboxylic acids is 1. The van der Waals surface area contributed by atoms with Crippen LogP contribution in [0.2, 0.25) is 0 Å². The highest BCUT2D eigenvalue weighted by atomic mass is 32.2. The zero-order valence-electron chi connectivity index (χ0n) is 15.8. The van der Waals surface area contributed by atoms with Crippen LogP contribution >= 0.6 is 0 Å². The number of nitrogens with one attached hydrogen (secondary N) is 1. The summed E-state index contributed by atoms with van der Waals surface area (Å²) in [4.78, 5) is 11.8. The first-order valence-electron chi connectivity index (χ1n) is 8.30. The van der Waals surface area contributed by atoms with Gasteiger partial charge in [0.05, 0.1) is 6.20 Å². The fourth-order valence-corrected chi connectivity index (χ4v) is 3.29. The highest BCUT2D eigenvalue weighted by molar-refractivity contribution is 7.92. The van der Waals surface area contributed by atoms with Crippen molar-refractivity contribution in [1.29, 1.82) is 0 Å². The third kappa shape index (κ3) is 4.83. The van der Waals surface area contributed by atoms with Crippen LogP contribution in [0.4, 0.5) is 0 Å². The molecule has 0 spiro atoms. The number of carbonyl (C=O) groups is 1. The molecule has 1 aromatic heterocycles. The molecule has 148 valence electrons. The summed E-state index contributed by atoms with van der Waals surface area (Å²) in [7, 11) is -3.75. The molecule has 0 bridgehead atoms. The van der Waals surface area contributed by atoms with E-state index < -0.39 is 20.5 Å². The van der Waals surface area contributed by atoms with Gasteiger partial charge in [-0.2, -0.15) is 0 Å². The van der Waals surface area contributed by atoms with Crippen LogP contribution < -0.4 is 10.2 Å². The second-order valence-electron chi connectivity index (χ2n) is 6.72. The number of aryl methyl sites for hydroxylation is 3. The summed E-state index contributed by atoms with van der Waals surface area (Å²) < 4.78 is 29.4. The number of hydrogen-bond acceptors (Lipinski definition) is 7. The van der Waals surface area contributed by atoms with Gasteiger partial charge in [-0.25, -0.2) is 13.9 Å². The van der Waals surface area contributed by atoms with Crippen molar-refractivity contribution in [2.45, 2.75) is 45.1 Å². The van der Waals surface area contributed by atoms with Gasteiger partial charge in [0.15, 0.2) is 14.6 Å². The molecule has 2 rings (SSSR count). The molecule has 0 aliphatic rings. The van der Waals surface area contributed by atoms with E-state index in [0.29, 0.717) is 5.69 Å². The molecule has 0 aliphatic heterocycles. The average molecular weight is 396 g/mol. The maximum absolute atomic E-state index is 12.0. The van der Waals surface area contributed by atoms with Crippen LogP contribution in [0, 0.1) is 13.8 Å². The molecule has 10 heteroatoms. The van der Waals surface area contributed by atoms with Gasteiger partial charge in [-0.3, -0.25) is 14.7 Å². The predicted octanol–water partition coefficient (Wildman–Crippen LogP) is 1.17. The lowest BCUT2D eigenvalue weighted by molar-refractivity contribution is -0.131. The largest absolute Gasteiger partial charge is 0.487 e. The average Bonchev–Trinajstić information content (AvgIpc) is 3.06. The third-order valence-corrected chi connectivity index (χ3v) is 6.55. The van der Waals surface area contributed by atoms with E-state index in [0.717, 1.165) is 23.1 Å². The van der Waals surface area contributed by atoms with Crippen LogP contribution in [-0.2, 0) is 27.8 Å². The Morgan fingerprint density at radius 3 is 2.70 bits per heavy atom. The van der Waals surface area contributed by atoms with Crippen molar-refractivity contribution in [2.75, 3.05) is 6.26 Å². The summed E-state index contributed by atoms with van der Waals surface area (Å²) >= 11 is 0. The Hall–Kier alpha value is -2.46. The normalized spacial score (nSPS) is 13.8. The van der Waals surface area contributed by atoms with E-state index in [9.17, 15) is 13.2 Å². The van der Waals surface area contributed by atoms with Crippen molar-refractivity contribution in [2.24, 2.45) is 0 Å². The standard InChI is InChI=1S/C17H24N4O5S/c1-12-5-6-13(2)15(9-12)26-11-14-10-21(20-18-14)8-7-17(3,16(22)19-23)27(4,24)25/h5-6,9-10,23H,7-8,11H2,1-4H3,(H,19,22). The van der Waals surface area contributed by atoms with Gasteiger partial charge in [0.1, 0.15) is 18.1 Å². The first-order chi connectivity index (χ1) is 12.6. The van der Waals surface area contributed by atoms with E-state index in [-0.39, 0.29) is 19.6 Å². The van der Waals surface area contributed by atoms with Crippen LogP contribution in [0.15, 0.2) is 24.4 Å². The van der Waals surface area contributed by atoms with E-state index in [2.05, 4.69) is 10.3 Å².